The second-order valence-corrected chi connectivity index (χ2v) is 14.4. The molecule has 0 aromatic heterocycles. The number of unbranched alkanes of at least 4 members (excludes halogenated alkanes) is 29. The van der Waals surface area contributed by atoms with E-state index in [1.54, 1.807) is 6.08 Å². The van der Waals surface area contributed by atoms with Gasteiger partial charge in [0.05, 0.1) is 18.8 Å². The van der Waals surface area contributed by atoms with Crippen LogP contribution < -0.4 is 5.32 Å². The lowest BCUT2D eigenvalue weighted by Gasteiger charge is -2.19. The average Bonchev–Trinajstić information content (AvgIpc) is 3.07. The van der Waals surface area contributed by atoms with Crippen LogP contribution in [0.25, 0.3) is 0 Å². The second-order valence-electron chi connectivity index (χ2n) is 14.4. The third-order valence-corrected chi connectivity index (χ3v) is 9.69. The zero-order valence-electron chi connectivity index (χ0n) is 31.8. The smallest absolute Gasteiger partial charge is 0.220 e. The molecule has 0 saturated carbocycles. The van der Waals surface area contributed by atoms with Crippen LogP contribution in [0.2, 0.25) is 0 Å². The molecule has 3 N–H and O–H groups in total. The van der Waals surface area contributed by atoms with E-state index in [9.17, 15) is 15.0 Å². The fourth-order valence-corrected chi connectivity index (χ4v) is 6.43. The Hall–Kier alpha value is -1.13. The van der Waals surface area contributed by atoms with Gasteiger partial charge in [0.1, 0.15) is 0 Å². The van der Waals surface area contributed by atoms with E-state index < -0.39 is 12.1 Å². The number of rotatable bonds is 38. The zero-order valence-corrected chi connectivity index (χ0v) is 31.8. The summed E-state index contributed by atoms with van der Waals surface area (Å²) in [6.07, 6.45) is 50.0. The summed E-state index contributed by atoms with van der Waals surface area (Å²) in [6, 6.07) is -0.633. The summed E-state index contributed by atoms with van der Waals surface area (Å²) in [5, 5.41) is 22.9. The van der Waals surface area contributed by atoms with E-state index in [0.29, 0.717) is 6.42 Å². The second kappa shape index (κ2) is 39.3. The molecule has 0 bridgehead atoms. The van der Waals surface area contributed by atoms with Gasteiger partial charge in [-0.2, -0.15) is 0 Å². The zero-order chi connectivity index (χ0) is 34.3. The molecule has 0 aliphatic rings. The van der Waals surface area contributed by atoms with Gasteiger partial charge < -0.3 is 15.5 Å². The first-order valence-corrected chi connectivity index (χ1v) is 21.1. The van der Waals surface area contributed by atoms with Crippen molar-refractivity contribution in [3.8, 4) is 0 Å². The van der Waals surface area contributed by atoms with E-state index >= 15 is 0 Å². The molecule has 0 rings (SSSR count). The molecule has 0 fully saturated rings. The molecule has 4 heteroatoms. The van der Waals surface area contributed by atoms with Crippen LogP contribution in [-0.4, -0.2) is 34.9 Å². The molecule has 2 unspecified atom stereocenters. The van der Waals surface area contributed by atoms with Crippen molar-refractivity contribution in [1.82, 2.24) is 5.32 Å². The molecular formula is C43H83NO3. The van der Waals surface area contributed by atoms with E-state index in [0.717, 1.165) is 32.1 Å². The van der Waals surface area contributed by atoms with Crippen LogP contribution in [0.5, 0.6) is 0 Å². The average molecular weight is 662 g/mol. The molecule has 0 aromatic rings. The van der Waals surface area contributed by atoms with Crippen molar-refractivity contribution >= 4 is 5.91 Å². The van der Waals surface area contributed by atoms with E-state index in [4.69, 9.17) is 0 Å². The maximum atomic E-state index is 12.3. The van der Waals surface area contributed by atoms with E-state index in [2.05, 4.69) is 31.3 Å². The molecule has 0 saturated heterocycles. The number of nitrogens with one attached hydrogen (secondary N) is 1. The number of hydrogen-bond donors (Lipinski definition) is 3. The summed E-state index contributed by atoms with van der Waals surface area (Å²) in [4.78, 5) is 12.3. The first-order valence-electron chi connectivity index (χ1n) is 21.1. The van der Waals surface area contributed by atoms with Crippen LogP contribution >= 0.6 is 0 Å². The van der Waals surface area contributed by atoms with Gasteiger partial charge in [0, 0.05) is 6.42 Å². The highest BCUT2D eigenvalue weighted by atomic mass is 16.3. The van der Waals surface area contributed by atoms with Crippen LogP contribution in [0, 0.1) is 0 Å². The van der Waals surface area contributed by atoms with Gasteiger partial charge in [0.15, 0.2) is 0 Å². The Balaban J connectivity index is 3.54. The van der Waals surface area contributed by atoms with Gasteiger partial charge in [-0.05, 0) is 32.1 Å². The SMILES string of the molecule is CCCCCCCCCC=CCCC=CC(O)C(CO)NC(=O)CCCCCCCCCCCCCCCCCCCCCCCC. The minimum Gasteiger partial charge on any atom is -0.394 e. The van der Waals surface area contributed by atoms with Gasteiger partial charge in [0.2, 0.25) is 5.91 Å². The van der Waals surface area contributed by atoms with Gasteiger partial charge in [-0.25, -0.2) is 0 Å². The minimum atomic E-state index is -0.856. The Morgan fingerprint density at radius 3 is 1.23 bits per heavy atom. The number of allylic oxidation sites excluding steroid dienone is 3. The van der Waals surface area contributed by atoms with Crippen molar-refractivity contribution in [2.45, 2.75) is 238 Å². The predicted molar refractivity (Wildman–Crippen MR) is 207 cm³/mol. The van der Waals surface area contributed by atoms with Crippen LogP contribution in [0.4, 0.5) is 0 Å². The Kier molecular flexibility index (Phi) is 38.4. The van der Waals surface area contributed by atoms with Gasteiger partial charge in [-0.3, -0.25) is 4.79 Å². The van der Waals surface area contributed by atoms with Crippen molar-refractivity contribution < 1.29 is 15.0 Å². The number of carbonyl (C=O) groups excluding carboxylic acids is 1. The maximum Gasteiger partial charge on any atom is 0.220 e. The molecule has 0 spiro atoms. The number of aliphatic hydroxyl groups excluding tert-OH is 2. The third-order valence-electron chi connectivity index (χ3n) is 9.69. The summed E-state index contributed by atoms with van der Waals surface area (Å²) in [6.45, 7) is 4.29. The molecule has 278 valence electrons. The van der Waals surface area contributed by atoms with Crippen molar-refractivity contribution in [1.29, 1.82) is 0 Å². The molecule has 47 heavy (non-hydrogen) atoms. The van der Waals surface area contributed by atoms with Crippen LogP contribution in [0.1, 0.15) is 226 Å². The first kappa shape index (κ1) is 45.9. The maximum absolute atomic E-state index is 12.3. The summed E-state index contributed by atoms with van der Waals surface area (Å²) >= 11 is 0. The van der Waals surface area contributed by atoms with Gasteiger partial charge in [-0.15, -0.1) is 0 Å². The monoisotopic (exact) mass is 662 g/mol. The molecular weight excluding hydrogens is 578 g/mol. The van der Waals surface area contributed by atoms with Crippen molar-refractivity contribution in [3.05, 3.63) is 24.3 Å². The Labute approximate surface area is 294 Å². The Morgan fingerprint density at radius 1 is 0.489 bits per heavy atom. The first-order chi connectivity index (χ1) is 23.2. The molecule has 0 aliphatic carbocycles. The molecule has 1 amide bonds. The minimum absolute atomic E-state index is 0.0713. The lowest BCUT2D eigenvalue weighted by Crippen LogP contribution is -2.45. The molecule has 4 nitrogen and oxygen atoms in total. The Bertz CT molecular complexity index is 676. The van der Waals surface area contributed by atoms with Crippen molar-refractivity contribution in [2.75, 3.05) is 6.61 Å². The van der Waals surface area contributed by atoms with E-state index in [1.807, 2.05) is 6.08 Å². The van der Waals surface area contributed by atoms with Crippen molar-refractivity contribution in [3.63, 3.8) is 0 Å². The normalized spacial score (nSPS) is 13.2. The van der Waals surface area contributed by atoms with Crippen molar-refractivity contribution in [2.24, 2.45) is 0 Å². The lowest BCUT2D eigenvalue weighted by atomic mass is 10.0. The van der Waals surface area contributed by atoms with Gasteiger partial charge >= 0.3 is 0 Å². The van der Waals surface area contributed by atoms with E-state index in [1.165, 1.54) is 173 Å². The summed E-state index contributed by atoms with van der Waals surface area (Å²) in [5.74, 6) is -0.0713. The quantitative estimate of drug-likeness (QED) is 0.0455. The summed E-state index contributed by atoms with van der Waals surface area (Å²) in [5.41, 5.74) is 0. The fraction of sp³-hybridized carbons (Fsp3) is 0.884. The van der Waals surface area contributed by atoms with Gasteiger partial charge in [-0.1, -0.05) is 212 Å². The number of carbonyl (C=O) groups is 1. The van der Waals surface area contributed by atoms with Gasteiger partial charge in [0.25, 0.3) is 0 Å². The molecule has 2 atom stereocenters. The molecule has 0 radical (unpaired) electrons. The lowest BCUT2D eigenvalue weighted by molar-refractivity contribution is -0.123. The highest BCUT2D eigenvalue weighted by molar-refractivity contribution is 5.76. The number of aliphatic hydroxyl groups is 2. The fourth-order valence-electron chi connectivity index (χ4n) is 6.43. The number of hydrogen-bond acceptors (Lipinski definition) is 3. The van der Waals surface area contributed by atoms with Crippen LogP contribution in [0.15, 0.2) is 24.3 Å². The van der Waals surface area contributed by atoms with Crippen LogP contribution in [0.3, 0.4) is 0 Å². The largest absolute Gasteiger partial charge is 0.394 e. The van der Waals surface area contributed by atoms with Crippen LogP contribution in [-0.2, 0) is 4.79 Å². The molecule has 0 heterocycles. The summed E-state index contributed by atoms with van der Waals surface area (Å²) < 4.78 is 0. The summed E-state index contributed by atoms with van der Waals surface area (Å²) in [7, 11) is 0. The molecule has 0 aromatic carbocycles. The topological polar surface area (TPSA) is 69.6 Å². The Morgan fingerprint density at radius 2 is 0.830 bits per heavy atom. The predicted octanol–water partition coefficient (Wildman–Crippen LogP) is 12.8. The third kappa shape index (κ3) is 36.0. The number of amides is 1. The highest BCUT2D eigenvalue weighted by Crippen LogP contribution is 2.16. The van der Waals surface area contributed by atoms with E-state index in [-0.39, 0.29) is 12.5 Å². The molecule has 0 aliphatic heterocycles. The standard InChI is InChI=1S/C43H83NO3/c1-3-5-7-9-11-13-15-17-18-19-20-21-22-23-24-25-27-29-31-33-35-37-39-43(47)44-41(40-45)42(46)38-36-34-32-30-28-26-16-14-12-10-8-6-4-2/h28,30,36,38,41-42,45-46H,3-27,29,31-35,37,39-40H2,1-2H3,(H,44,47). The highest BCUT2D eigenvalue weighted by Gasteiger charge is 2.17.